The van der Waals surface area contributed by atoms with Gasteiger partial charge in [0, 0.05) is 4.88 Å². The summed E-state index contributed by atoms with van der Waals surface area (Å²) in [5.74, 6) is -0.952. The zero-order valence-electron chi connectivity index (χ0n) is 11.9. The third-order valence-corrected chi connectivity index (χ3v) is 3.99. The van der Waals surface area contributed by atoms with Crippen molar-refractivity contribution in [3.8, 4) is 6.07 Å². The van der Waals surface area contributed by atoms with Gasteiger partial charge in [0.25, 0.3) is 5.91 Å². The van der Waals surface area contributed by atoms with Crippen LogP contribution in [0.4, 0.5) is 0 Å². The highest BCUT2D eigenvalue weighted by Crippen LogP contribution is 2.17. The first-order chi connectivity index (χ1) is 10.6. The number of hydrogen-bond donors (Lipinski definition) is 1. The summed E-state index contributed by atoms with van der Waals surface area (Å²) in [7, 11) is 0. The number of carbonyl (C=O) groups excluding carboxylic acids is 2. The molecule has 0 unspecified atom stereocenters. The summed E-state index contributed by atoms with van der Waals surface area (Å²) in [4.78, 5) is 24.6. The third-order valence-electron chi connectivity index (χ3n) is 2.93. The van der Waals surface area contributed by atoms with Crippen LogP contribution in [0.2, 0.25) is 0 Å². The molecule has 0 saturated heterocycles. The first-order valence-electron chi connectivity index (χ1n) is 6.60. The Bertz CT molecular complexity index is 687. The number of amides is 1. The van der Waals surface area contributed by atoms with Crippen LogP contribution in [0, 0.1) is 11.3 Å². The van der Waals surface area contributed by atoms with Gasteiger partial charge < -0.3 is 10.1 Å². The lowest BCUT2D eigenvalue weighted by molar-refractivity contribution is -0.124. The van der Waals surface area contributed by atoms with Crippen molar-refractivity contribution in [3.63, 3.8) is 0 Å². The summed E-state index contributed by atoms with van der Waals surface area (Å²) in [5.41, 5.74) is 0.761. The van der Waals surface area contributed by atoms with Crippen LogP contribution < -0.4 is 5.32 Å². The lowest BCUT2D eigenvalue weighted by Gasteiger charge is -2.12. The maximum absolute atomic E-state index is 11.8. The Balaban J connectivity index is 1.82. The Labute approximate surface area is 132 Å². The Morgan fingerprint density at radius 3 is 2.64 bits per heavy atom. The highest BCUT2D eigenvalue weighted by molar-refractivity contribution is 7.10. The van der Waals surface area contributed by atoms with Crippen LogP contribution in [-0.2, 0) is 9.53 Å². The molecule has 0 bridgehead atoms. The smallest absolute Gasteiger partial charge is 0.338 e. The maximum Gasteiger partial charge on any atom is 0.338 e. The number of rotatable bonds is 5. The van der Waals surface area contributed by atoms with Gasteiger partial charge in [0.2, 0.25) is 0 Å². The number of nitrogens with one attached hydrogen (secondary N) is 1. The average Bonchev–Trinajstić information content (AvgIpc) is 3.07. The fourth-order valence-electron chi connectivity index (χ4n) is 1.79. The van der Waals surface area contributed by atoms with Gasteiger partial charge in [-0.1, -0.05) is 6.07 Å². The minimum absolute atomic E-state index is 0.124. The molecule has 0 aliphatic heterocycles. The Kier molecular flexibility index (Phi) is 5.28. The summed E-state index contributed by atoms with van der Waals surface area (Å²) in [6, 6.07) is 11.7. The second-order valence-corrected chi connectivity index (χ2v) is 5.55. The van der Waals surface area contributed by atoms with Crippen molar-refractivity contribution >= 4 is 23.2 Å². The molecule has 1 aromatic heterocycles. The van der Waals surface area contributed by atoms with E-state index in [4.69, 9.17) is 10.00 Å². The van der Waals surface area contributed by atoms with Crippen LogP contribution in [0.25, 0.3) is 0 Å². The largest absolute Gasteiger partial charge is 0.452 e. The van der Waals surface area contributed by atoms with Gasteiger partial charge in [-0.25, -0.2) is 4.79 Å². The van der Waals surface area contributed by atoms with Crippen LogP contribution in [0.15, 0.2) is 41.8 Å². The Morgan fingerprint density at radius 1 is 1.32 bits per heavy atom. The van der Waals surface area contributed by atoms with E-state index in [-0.39, 0.29) is 18.6 Å². The molecular weight excluding hydrogens is 300 g/mol. The number of hydrogen-bond acceptors (Lipinski definition) is 5. The van der Waals surface area contributed by atoms with E-state index in [0.29, 0.717) is 11.1 Å². The second-order valence-electron chi connectivity index (χ2n) is 4.57. The van der Waals surface area contributed by atoms with Gasteiger partial charge >= 0.3 is 5.97 Å². The summed E-state index contributed by atoms with van der Waals surface area (Å²) in [5, 5.41) is 13.4. The summed E-state index contributed by atoms with van der Waals surface area (Å²) < 4.78 is 4.95. The molecular formula is C16H14N2O3S. The van der Waals surface area contributed by atoms with Crippen LogP contribution in [0.1, 0.15) is 33.8 Å². The van der Waals surface area contributed by atoms with Crippen LogP contribution >= 0.6 is 11.3 Å². The number of ether oxygens (including phenoxy) is 1. The SMILES string of the molecule is C[C@H](NC(=O)COC(=O)c1ccc(C#N)cc1)c1cccs1. The molecule has 1 aromatic carbocycles. The lowest BCUT2D eigenvalue weighted by atomic mass is 10.1. The summed E-state index contributed by atoms with van der Waals surface area (Å²) in [6.07, 6.45) is 0. The number of esters is 1. The highest BCUT2D eigenvalue weighted by Gasteiger charge is 2.13. The van der Waals surface area contributed by atoms with Crippen molar-refractivity contribution in [1.82, 2.24) is 5.32 Å². The molecule has 1 N–H and O–H groups in total. The van der Waals surface area contributed by atoms with E-state index < -0.39 is 5.97 Å². The van der Waals surface area contributed by atoms with E-state index in [1.807, 2.05) is 30.5 Å². The lowest BCUT2D eigenvalue weighted by Crippen LogP contribution is -2.30. The molecule has 0 aliphatic carbocycles. The van der Waals surface area contributed by atoms with E-state index in [2.05, 4.69) is 5.32 Å². The minimum atomic E-state index is -0.594. The van der Waals surface area contributed by atoms with E-state index in [0.717, 1.165) is 4.88 Å². The minimum Gasteiger partial charge on any atom is -0.452 e. The number of nitrogens with zero attached hydrogens (tertiary/aromatic N) is 1. The van der Waals surface area contributed by atoms with Gasteiger partial charge in [0.15, 0.2) is 6.61 Å². The predicted octanol–water partition coefficient (Wildman–Crippen LogP) is 2.65. The van der Waals surface area contributed by atoms with Gasteiger partial charge in [-0.15, -0.1) is 11.3 Å². The fourth-order valence-corrected chi connectivity index (χ4v) is 2.52. The molecule has 2 rings (SSSR count). The first kappa shape index (κ1) is 15.7. The topological polar surface area (TPSA) is 79.2 Å². The fraction of sp³-hybridized carbons (Fsp3) is 0.188. The van der Waals surface area contributed by atoms with Crippen molar-refractivity contribution < 1.29 is 14.3 Å². The number of nitriles is 1. The molecule has 0 aliphatic rings. The standard InChI is InChI=1S/C16H14N2O3S/c1-11(14-3-2-8-22-14)18-15(19)10-21-16(20)13-6-4-12(9-17)5-7-13/h2-8,11H,10H2,1H3,(H,18,19)/t11-/m0/s1. The van der Waals surface area contributed by atoms with E-state index >= 15 is 0 Å². The molecule has 0 fully saturated rings. The van der Waals surface area contributed by atoms with Crippen LogP contribution in [0.3, 0.4) is 0 Å². The van der Waals surface area contributed by atoms with Gasteiger partial charge in [0.1, 0.15) is 0 Å². The number of benzene rings is 1. The zero-order chi connectivity index (χ0) is 15.9. The van der Waals surface area contributed by atoms with Gasteiger partial charge in [0.05, 0.1) is 23.2 Å². The summed E-state index contributed by atoms with van der Waals surface area (Å²) >= 11 is 1.55. The van der Waals surface area contributed by atoms with Crippen molar-refractivity contribution in [3.05, 3.63) is 57.8 Å². The van der Waals surface area contributed by atoms with E-state index in [1.165, 1.54) is 24.3 Å². The van der Waals surface area contributed by atoms with Crippen molar-refractivity contribution in [2.75, 3.05) is 6.61 Å². The molecule has 1 heterocycles. The molecule has 5 nitrogen and oxygen atoms in total. The number of carbonyl (C=O) groups is 2. The molecule has 0 saturated carbocycles. The monoisotopic (exact) mass is 314 g/mol. The third kappa shape index (κ3) is 4.17. The zero-order valence-corrected chi connectivity index (χ0v) is 12.7. The number of thiophene rings is 1. The van der Waals surface area contributed by atoms with E-state index in [1.54, 1.807) is 11.3 Å². The van der Waals surface area contributed by atoms with Gasteiger partial charge in [-0.2, -0.15) is 5.26 Å². The molecule has 2 aromatic rings. The average molecular weight is 314 g/mol. The molecule has 112 valence electrons. The normalized spacial score (nSPS) is 11.3. The molecule has 0 spiro atoms. The molecule has 0 radical (unpaired) electrons. The molecule has 1 amide bonds. The Morgan fingerprint density at radius 2 is 2.05 bits per heavy atom. The van der Waals surface area contributed by atoms with Crippen molar-refractivity contribution in [1.29, 1.82) is 5.26 Å². The van der Waals surface area contributed by atoms with Gasteiger partial charge in [-0.3, -0.25) is 4.79 Å². The summed E-state index contributed by atoms with van der Waals surface area (Å²) in [6.45, 7) is 1.53. The van der Waals surface area contributed by atoms with E-state index in [9.17, 15) is 9.59 Å². The maximum atomic E-state index is 11.8. The Hall–Kier alpha value is -2.65. The second kappa shape index (κ2) is 7.38. The van der Waals surface area contributed by atoms with Crippen molar-refractivity contribution in [2.45, 2.75) is 13.0 Å². The molecule has 1 atom stereocenters. The quantitative estimate of drug-likeness (QED) is 0.861. The van der Waals surface area contributed by atoms with Crippen LogP contribution in [-0.4, -0.2) is 18.5 Å². The van der Waals surface area contributed by atoms with Gasteiger partial charge in [-0.05, 0) is 42.6 Å². The first-order valence-corrected chi connectivity index (χ1v) is 7.48. The predicted molar refractivity (Wildman–Crippen MR) is 82.3 cm³/mol. The van der Waals surface area contributed by atoms with Crippen LogP contribution in [0.5, 0.6) is 0 Å². The highest BCUT2D eigenvalue weighted by atomic mass is 32.1. The van der Waals surface area contributed by atoms with Crippen molar-refractivity contribution in [2.24, 2.45) is 0 Å². The molecule has 6 heteroatoms. The molecule has 22 heavy (non-hydrogen) atoms.